The van der Waals surface area contributed by atoms with Crippen LogP contribution in [0.4, 0.5) is 13.2 Å². The Bertz CT molecular complexity index is 511. The van der Waals surface area contributed by atoms with Gasteiger partial charge in [-0.3, -0.25) is 0 Å². The molecule has 0 aliphatic heterocycles. The number of hydrogen-bond acceptors (Lipinski definition) is 3. The molecule has 0 saturated carbocycles. The zero-order chi connectivity index (χ0) is 13.3. The van der Waals surface area contributed by atoms with E-state index < -0.39 is 21.8 Å². The lowest BCUT2D eigenvalue weighted by Crippen LogP contribution is -2.19. The molecule has 0 atom stereocenters. The van der Waals surface area contributed by atoms with E-state index in [1.165, 1.54) is 13.0 Å². The smallest absolute Gasteiger partial charge is 0.422 e. The summed E-state index contributed by atoms with van der Waals surface area (Å²) in [6.07, 6.45) is -4.44. The number of ether oxygens (including phenoxy) is 1. The van der Waals surface area contributed by atoms with E-state index in [4.69, 9.17) is 10.7 Å². The number of benzene rings is 1. The third-order valence-corrected chi connectivity index (χ3v) is 3.29. The van der Waals surface area contributed by atoms with E-state index in [0.29, 0.717) is 0 Å². The molecular weight excluding hydrogens is 281 g/mol. The zero-order valence-corrected chi connectivity index (χ0v) is 10.2. The highest BCUT2D eigenvalue weighted by Gasteiger charge is 2.28. The monoisotopic (exact) mass is 288 g/mol. The van der Waals surface area contributed by atoms with Crippen LogP contribution in [0.5, 0.6) is 5.75 Å². The lowest BCUT2D eigenvalue weighted by molar-refractivity contribution is -0.153. The van der Waals surface area contributed by atoms with Crippen LogP contribution in [0.25, 0.3) is 0 Å². The Labute approximate surface area is 101 Å². The summed E-state index contributed by atoms with van der Waals surface area (Å²) in [5.41, 5.74) is 0.222. The first-order valence-electron chi connectivity index (χ1n) is 4.34. The van der Waals surface area contributed by atoms with Crippen LogP contribution < -0.4 is 4.74 Å². The largest absolute Gasteiger partial charge is 0.484 e. The predicted molar refractivity (Wildman–Crippen MR) is 55.8 cm³/mol. The molecule has 0 heterocycles. The molecular formula is C9H8ClF3O3S. The molecule has 3 nitrogen and oxygen atoms in total. The standard InChI is InChI=1S/C9H8ClF3O3S/c1-6-4-7(16-5-9(11,12)13)2-3-8(6)17(10,14)15/h2-4H,5H2,1H3. The highest BCUT2D eigenvalue weighted by atomic mass is 35.7. The van der Waals surface area contributed by atoms with Crippen molar-refractivity contribution >= 4 is 19.7 Å². The summed E-state index contributed by atoms with van der Waals surface area (Å²) in [7, 11) is 1.22. The van der Waals surface area contributed by atoms with Gasteiger partial charge >= 0.3 is 6.18 Å². The summed E-state index contributed by atoms with van der Waals surface area (Å²) in [5.74, 6) is -0.0658. The fraction of sp³-hybridized carbons (Fsp3) is 0.333. The number of halogens is 4. The van der Waals surface area contributed by atoms with Crippen molar-refractivity contribution in [1.29, 1.82) is 0 Å². The van der Waals surface area contributed by atoms with E-state index in [1.54, 1.807) is 0 Å². The van der Waals surface area contributed by atoms with Crippen LogP contribution >= 0.6 is 10.7 Å². The van der Waals surface area contributed by atoms with Gasteiger partial charge in [-0.2, -0.15) is 13.2 Å². The third kappa shape index (κ3) is 4.43. The van der Waals surface area contributed by atoms with Crippen molar-refractivity contribution in [2.75, 3.05) is 6.61 Å². The first-order chi connectivity index (χ1) is 7.59. The quantitative estimate of drug-likeness (QED) is 0.803. The molecule has 0 N–H and O–H groups in total. The first-order valence-corrected chi connectivity index (χ1v) is 6.65. The van der Waals surface area contributed by atoms with Crippen LogP contribution in [0.15, 0.2) is 23.1 Å². The fourth-order valence-electron chi connectivity index (χ4n) is 1.15. The van der Waals surface area contributed by atoms with E-state index in [1.807, 2.05) is 0 Å². The van der Waals surface area contributed by atoms with Crippen LogP contribution in [0.3, 0.4) is 0 Å². The summed E-state index contributed by atoms with van der Waals surface area (Å²) in [5, 5.41) is 0. The molecule has 0 unspecified atom stereocenters. The average Bonchev–Trinajstić information content (AvgIpc) is 2.11. The molecule has 0 aromatic heterocycles. The first kappa shape index (κ1) is 14.1. The van der Waals surface area contributed by atoms with Crippen molar-refractivity contribution in [3.05, 3.63) is 23.8 Å². The van der Waals surface area contributed by atoms with E-state index >= 15 is 0 Å². The lowest BCUT2D eigenvalue weighted by Gasteiger charge is -2.10. The van der Waals surface area contributed by atoms with Gasteiger partial charge in [-0.05, 0) is 30.7 Å². The van der Waals surface area contributed by atoms with Gasteiger partial charge in [0.25, 0.3) is 9.05 Å². The maximum Gasteiger partial charge on any atom is 0.422 e. The molecule has 0 aliphatic rings. The van der Waals surface area contributed by atoms with Gasteiger partial charge in [0, 0.05) is 10.7 Å². The normalized spacial score (nSPS) is 12.5. The van der Waals surface area contributed by atoms with Crippen LogP contribution in [-0.4, -0.2) is 21.2 Å². The number of aryl methyl sites for hydroxylation is 1. The molecule has 0 fully saturated rings. The molecule has 0 aliphatic carbocycles. The Morgan fingerprint density at radius 2 is 1.94 bits per heavy atom. The number of hydrogen-bond donors (Lipinski definition) is 0. The summed E-state index contributed by atoms with van der Waals surface area (Å²) in [6.45, 7) is -0.0187. The van der Waals surface area contributed by atoms with Crippen molar-refractivity contribution in [2.45, 2.75) is 18.0 Å². The Hall–Kier alpha value is -0.950. The number of alkyl halides is 3. The van der Waals surface area contributed by atoms with Gasteiger partial charge in [0.05, 0.1) is 4.90 Å². The molecule has 0 amide bonds. The minimum Gasteiger partial charge on any atom is -0.484 e. The van der Waals surface area contributed by atoms with Crippen molar-refractivity contribution in [2.24, 2.45) is 0 Å². The van der Waals surface area contributed by atoms with E-state index in [0.717, 1.165) is 12.1 Å². The molecule has 1 rings (SSSR count). The van der Waals surface area contributed by atoms with Crippen molar-refractivity contribution in [1.82, 2.24) is 0 Å². The minimum atomic E-state index is -4.44. The topological polar surface area (TPSA) is 43.4 Å². The average molecular weight is 289 g/mol. The van der Waals surface area contributed by atoms with Gasteiger partial charge < -0.3 is 4.74 Å². The molecule has 17 heavy (non-hydrogen) atoms. The molecule has 1 aromatic carbocycles. The van der Waals surface area contributed by atoms with Crippen molar-refractivity contribution in [3.8, 4) is 5.75 Å². The molecule has 0 spiro atoms. The molecule has 8 heteroatoms. The van der Waals surface area contributed by atoms with Gasteiger partial charge in [-0.25, -0.2) is 8.42 Å². The number of rotatable bonds is 3. The van der Waals surface area contributed by atoms with Gasteiger partial charge in [-0.15, -0.1) is 0 Å². The Morgan fingerprint density at radius 3 is 2.35 bits per heavy atom. The maximum absolute atomic E-state index is 11.9. The Balaban J connectivity index is 2.91. The second-order valence-electron chi connectivity index (χ2n) is 3.27. The van der Waals surface area contributed by atoms with E-state index in [9.17, 15) is 21.6 Å². The van der Waals surface area contributed by atoms with Crippen LogP contribution in [0, 0.1) is 6.92 Å². The maximum atomic E-state index is 11.9. The summed E-state index contributed by atoms with van der Waals surface area (Å²) in [4.78, 5) is -0.154. The van der Waals surface area contributed by atoms with Crippen LogP contribution in [-0.2, 0) is 9.05 Å². The van der Waals surface area contributed by atoms with Crippen molar-refractivity contribution in [3.63, 3.8) is 0 Å². The summed E-state index contributed by atoms with van der Waals surface area (Å²) in [6, 6.07) is 3.40. The summed E-state index contributed by atoms with van der Waals surface area (Å²) >= 11 is 0. The highest BCUT2D eigenvalue weighted by Crippen LogP contribution is 2.25. The van der Waals surface area contributed by atoms with Gasteiger partial charge in [0.1, 0.15) is 5.75 Å². The van der Waals surface area contributed by atoms with Crippen molar-refractivity contribution < 1.29 is 26.3 Å². The minimum absolute atomic E-state index is 0.0658. The van der Waals surface area contributed by atoms with Crippen LogP contribution in [0.1, 0.15) is 5.56 Å². The third-order valence-electron chi connectivity index (χ3n) is 1.81. The van der Waals surface area contributed by atoms with E-state index in [-0.39, 0.29) is 16.2 Å². The van der Waals surface area contributed by atoms with Crippen LogP contribution in [0.2, 0.25) is 0 Å². The SMILES string of the molecule is Cc1cc(OCC(F)(F)F)ccc1S(=O)(=O)Cl. The molecule has 0 bridgehead atoms. The van der Waals surface area contributed by atoms with Gasteiger partial charge in [0.2, 0.25) is 0 Å². The highest BCUT2D eigenvalue weighted by molar-refractivity contribution is 8.13. The molecule has 1 aromatic rings. The lowest BCUT2D eigenvalue weighted by atomic mass is 10.2. The zero-order valence-electron chi connectivity index (χ0n) is 8.58. The second-order valence-corrected chi connectivity index (χ2v) is 5.80. The Morgan fingerprint density at radius 1 is 1.35 bits per heavy atom. The van der Waals surface area contributed by atoms with Gasteiger partial charge in [0.15, 0.2) is 6.61 Å². The fourth-order valence-corrected chi connectivity index (χ4v) is 2.34. The molecule has 96 valence electrons. The predicted octanol–water partition coefficient (Wildman–Crippen LogP) is 2.86. The molecule has 0 radical (unpaired) electrons. The van der Waals surface area contributed by atoms with E-state index in [2.05, 4.69) is 4.74 Å². The summed E-state index contributed by atoms with van der Waals surface area (Å²) < 4.78 is 62.1. The van der Waals surface area contributed by atoms with Gasteiger partial charge in [-0.1, -0.05) is 0 Å². The molecule has 0 saturated heterocycles. The Kier molecular flexibility index (Phi) is 3.93. The second kappa shape index (κ2) is 4.73.